The first-order valence-corrected chi connectivity index (χ1v) is 8.76. The summed E-state index contributed by atoms with van der Waals surface area (Å²) in [7, 11) is 0. The Labute approximate surface area is 150 Å². The minimum absolute atomic E-state index is 0.192. The lowest BCUT2D eigenvalue weighted by atomic mass is 9.54. The predicted molar refractivity (Wildman–Crippen MR) is 89.5 cm³/mol. The molecule has 0 bridgehead atoms. The van der Waals surface area contributed by atoms with Crippen molar-refractivity contribution in [2.75, 3.05) is 6.61 Å². The van der Waals surface area contributed by atoms with Crippen molar-refractivity contribution in [3.8, 4) is 0 Å². The first-order valence-electron chi connectivity index (χ1n) is 8.76. The molecule has 2 aliphatic carbocycles. The number of carbonyl (C=O) groups is 2. The summed E-state index contributed by atoms with van der Waals surface area (Å²) in [6, 6.07) is 3.29. The molecule has 26 heavy (non-hydrogen) atoms. The van der Waals surface area contributed by atoms with Crippen molar-refractivity contribution in [1.29, 1.82) is 0 Å². The summed E-state index contributed by atoms with van der Waals surface area (Å²) >= 11 is 0. The molecule has 5 nitrogen and oxygen atoms in total. The zero-order valence-electron chi connectivity index (χ0n) is 15.0. The van der Waals surface area contributed by atoms with E-state index in [2.05, 4.69) is 5.32 Å². The summed E-state index contributed by atoms with van der Waals surface area (Å²) in [6.45, 7) is 5.82. The second-order valence-corrected chi connectivity index (χ2v) is 7.68. The average molecular weight is 367 g/mol. The Morgan fingerprint density at radius 1 is 1.35 bits per heavy atom. The van der Waals surface area contributed by atoms with E-state index < -0.39 is 40.4 Å². The molecule has 2 aliphatic rings. The van der Waals surface area contributed by atoms with Crippen LogP contribution in [0.2, 0.25) is 0 Å². The van der Waals surface area contributed by atoms with Gasteiger partial charge >= 0.3 is 5.97 Å². The van der Waals surface area contributed by atoms with Crippen LogP contribution in [0.5, 0.6) is 0 Å². The number of rotatable bonds is 6. The SMILES string of the molecule is CCOC1CC(NC(=O)C2CC2c2ccc(F)cc2F)(C(=O)O)C1(C)C. The summed E-state index contributed by atoms with van der Waals surface area (Å²) in [5.74, 6) is -3.73. The molecule has 3 rings (SSSR count). The van der Waals surface area contributed by atoms with Gasteiger partial charge < -0.3 is 15.2 Å². The Morgan fingerprint density at radius 2 is 2.04 bits per heavy atom. The highest BCUT2D eigenvalue weighted by Gasteiger charge is 2.67. The van der Waals surface area contributed by atoms with Crippen molar-refractivity contribution in [2.24, 2.45) is 11.3 Å². The minimum Gasteiger partial charge on any atom is -0.479 e. The summed E-state index contributed by atoms with van der Waals surface area (Å²) in [5, 5.41) is 12.4. The largest absolute Gasteiger partial charge is 0.479 e. The molecule has 4 unspecified atom stereocenters. The molecular weight excluding hydrogens is 344 g/mol. The molecule has 1 aromatic rings. The van der Waals surface area contributed by atoms with Crippen LogP contribution in [-0.2, 0) is 14.3 Å². The van der Waals surface area contributed by atoms with E-state index >= 15 is 0 Å². The van der Waals surface area contributed by atoms with Gasteiger partial charge in [-0.2, -0.15) is 0 Å². The minimum atomic E-state index is -1.40. The third-order valence-corrected chi connectivity index (χ3v) is 5.96. The number of carbonyl (C=O) groups excluding carboxylic acids is 1. The molecule has 0 heterocycles. The first kappa shape index (κ1) is 18.8. The molecule has 2 N–H and O–H groups in total. The molecular formula is C19H23F2NO4. The standard InChI is InChI=1S/C19H23F2NO4/c1-4-26-15-9-19(17(24)25,18(15,2)3)22-16(23)13-8-12(13)11-6-5-10(20)7-14(11)21/h5-7,12-13,15H,4,8-9H2,1-3H3,(H,22,23)(H,24,25). The normalized spacial score (nSPS) is 31.8. The van der Waals surface area contributed by atoms with Gasteiger partial charge in [0.25, 0.3) is 0 Å². The highest BCUT2D eigenvalue weighted by Crippen LogP contribution is 2.53. The van der Waals surface area contributed by atoms with Crippen molar-refractivity contribution in [3.05, 3.63) is 35.4 Å². The Bertz CT molecular complexity index is 751. The third-order valence-electron chi connectivity index (χ3n) is 5.96. The molecule has 0 spiro atoms. The zero-order chi connectivity index (χ0) is 19.3. The highest BCUT2D eigenvalue weighted by molar-refractivity contribution is 5.92. The number of hydrogen-bond acceptors (Lipinski definition) is 3. The monoisotopic (exact) mass is 367 g/mol. The maximum Gasteiger partial charge on any atom is 0.330 e. The van der Waals surface area contributed by atoms with Crippen LogP contribution in [0.4, 0.5) is 8.78 Å². The molecule has 0 aromatic heterocycles. The number of amides is 1. The Balaban J connectivity index is 1.72. The fourth-order valence-corrected chi connectivity index (χ4v) is 3.97. The van der Waals surface area contributed by atoms with Crippen molar-refractivity contribution >= 4 is 11.9 Å². The van der Waals surface area contributed by atoms with Gasteiger partial charge in [-0.3, -0.25) is 4.79 Å². The average Bonchev–Trinajstić information content (AvgIpc) is 3.33. The van der Waals surface area contributed by atoms with Gasteiger partial charge in [0.15, 0.2) is 0 Å². The van der Waals surface area contributed by atoms with Gasteiger partial charge in [0, 0.05) is 30.4 Å². The van der Waals surface area contributed by atoms with Crippen molar-refractivity contribution < 1.29 is 28.2 Å². The number of benzene rings is 1. The molecule has 1 amide bonds. The molecule has 1 aromatic carbocycles. The molecule has 0 aliphatic heterocycles. The van der Waals surface area contributed by atoms with Crippen LogP contribution < -0.4 is 5.32 Å². The second kappa shape index (κ2) is 6.30. The van der Waals surface area contributed by atoms with Crippen molar-refractivity contribution in [2.45, 2.75) is 51.2 Å². The molecule has 142 valence electrons. The number of halogens is 2. The number of carboxylic acid groups (broad SMARTS) is 1. The van der Waals surface area contributed by atoms with Crippen LogP contribution in [-0.4, -0.2) is 35.2 Å². The molecule has 2 saturated carbocycles. The van der Waals surface area contributed by atoms with Gasteiger partial charge in [-0.25, -0.2) is 13.6 Å². The van der Waals surface area contributed by atoms with Crippen LogP contribution in [0.15, 0.2) is 18.2 Å². The lowest BCUT2D eigenvalue weighted by molar-refractivity contribution is -0.194. The topological polar surface area (TPSA) is 75.6 Å². The Morgan fingerprint density at radius 3 is 2.58 bits per heavy atom. The van der Waals surface area contributed by atoms with Gasteiger partial charge in [-0.05, 0) is 30.9 Å². The van der Waals surface area contributed by atoms with Crippen LogP contribution >= 0.6 is 0 Å². The van der Waals surface area contributed by atoms with E-state index in [1.807, 2.05) is 6.92 Å². The van der Waals surface area contributed by atoms with Crippen LogP contribution in [0.25, 0.3) is 0 Å². The van der Waals surface area contributed by atoms with Gasteiger partial charge in [0.1, 0.15) is 17.2 Å². The molecule has 7 heteroatoms. The van der Waals surface area contributed by atoms with E-state index in [0.717, 1.165) is 12.1 Å². The first-order chi connectivity index (χ1) is 12.1. The fourth-order valence-electron chi connectivity index (χ4n) is 3.97. The van der Waals surface area contributed by atoms with E-state index in [1.54, 1.807) is 13.8 Å². The van der Waals surface area contributed by atoms with Gasteiger partial charge in [-0.15, -0.1) is 0 Å². The highest BCUT2D eigenvalue weighted by atomic mass is 19.1. The quantitative estimate of drug-likeness (QED) is 0.811. The maximum atomic E-state index is 13.9. The van der Waals surface area contributed by atoms with Crippen LogP contribution in [0.1, 0.15) is 45.1 Å². The molecule has 0 saturated heterocycles. The number of hydrogen-bond donors (Lipinski definition) is 2. The van der Waals surface area contributed by atoms with Crippen molar-refractivity contribution in [1.82, 2.24) is 5.32 Å². The Kier molecular flexibility index (Phi) is 4.55. The van der Waals surface area contributed by atoms with E-state index in [0.29, 0.717) is 13.0 Å². The van der Waals surface area contributed by atoms with E-state index in [4.69, 9.17) is 4.74 Å². The summed E-state index contributed by atoms with van der Waals surface area (Å²) in [6.07, 6.45) is 0.352. The smallest absolute Gasteiger partial charge is 0.330 e. The summed E-state index contributed by atoms with van der Waals surface area (Å²) in [4.78, 5) is 24.5. The molecule has 0 radical (unpaired) electrons. The fraction of sp³-hybridized carbons (Fsp3) is 0.579. The van der Waals surface area contributed by atoms with Crippen LogP contribution in [0, 0.1) is 23.0 Å². The Hall–Kier alpha value is -2.02. The van der Waals surface area contributed by atoms with Gasteiger partial charge in [0.2, 0.25) is 5.91 Å². The molecule has 4 atom stereocenters. The summed E-state index contributed by atoms with van der Waals surface area (Å²) < 4.78 is 32.5. The third kappa shape index (κ3) is 2.78. The lowest BCUT2D eigenvalue weighted by Gasteiger charge is -2.58. The van der Waals surface area contributed by atoms with Gasteiger partial charge in [-0.1, -0.05) is 19.9 Å². The van der Waals surface area contributed by atoms with E-state index in [1.165, 1.54) is 6.07 Å². The maximum absolute atomic E-state index is 13.9. The van der Waals surface area contributed by atoms with E-state index in [-0.39, 0.29) is 24.0 Å². The van der Waals surface area contributed by atoms with E-state index in [9.17, 15) is 23.5 Å². The zero-order valence-corrected chi connectivity index (χ0v) is 15.0. The van der Waals surface area contributed by atoms with Crippen LogP contribution in [0.3, 0.4) is 0 Å². The predicted octanol–water partition coefficient (Wildman–Crippen LogP) is 2.84. The lowest BCUT2D eigenvalue weighted by Crippen LogP contribution is -2.76. The second-order valence-electron chi connectivity index (χ2n) is 7.68. The van der Waals surface area contributed by atoms with Crippen molar-refractivity contribution in [3.63, 3.8) is 0 Å². The number of aliphatic carboxylic acids is 1. The molecule has 2 fully saturated rings. The number of ether oxygens (including phenoxy) is 1. The number of nitrogens with one attached hydrogen (secondary N) is 1. The van der Waals surface area contributed by atoms with Gasteiger partial charge in [0.05, 0.1) is 6.10 Å². The number of carboxylic acids is 1. The summed E-state index contributed by atoms with van der Waals surface area (Å²) in [5.41, 5.74) is -1.88.